The Morgan fingerprint density at radius 3 is 2.65 bits per heavy atom. The van der Waals surface area contributed by atoms with E-state index in [0.29, 0.717) is 5.75 Å². The van der Waals surface area contributed by atoms with Crippen molar-refractivity contribution in [1.29, 1.82) is 0 Å². The molecule has 3 aliphatic rings. The third kappa shape index (κ3) is 5.57. The second-order valence-corrected chi connectivity index (χ2v) is 10.9. The maximum absolute atomic E-state index is 12.7. The number of hydrogen-bond acceptors (Lipinski definition) is 8. The molecule has 0 bridgehead atoms. The molecule has 5 rings (SSSR count). The summed E-state index contributed by atoms with van der Waals surface area (Å²) in [4.78, 5) is 14.9. The van der Waals surface area contributed by atoms with E-state index in [9.17, 15) is 4.79 Å². The molecule has 3 aliphatic heterocycles. The summed E-state index contributed by atoms with van der Waals surface area (Å²) in [6, 6.07) is 13.0. The van der Waals surface area contributed by atoms with Crippen LogP contribution in [0.4, 0.5) is 5.69 Å². The number of anilines is 1. The fourth-order valence-corrected chi connectivity index (χ4v) is 5.95. The first kappa shape index (κ1) is 25.5. The predicted molar refractivity (Wildman–Crippen MR) is 150 cm³/mol. The zero-order chi connectivity index (χ0) is 25.9. The summed E-state index contributed by atoms with van der Waals surface area (Å²) in [7, 11) is 0. The Balaban J connectivity index is 1.15. The van der Waals surface area contributed by atoms with E-state index >= 15 is 0 Å². The molecule has 9 heteroatoms. The maximum Gasteiger partial charge on any atom is 0.234 e. The molecule has 1 amide bonds. The van der Waals surface area contributed by atoms with Crippen LogP contribution < -0.4 is 20.9 Å². The third-order valence-corrected chi connectivity index (χ3v) is 7.99. The standard InChI is InChI=1S/C28H36N6O2S/c1-5-6-13-36-22-9-7-21(8-10-22)23-16-24-27-30-31-28(33(27)11-12-34(24)32-23)37-17-25(35)29-26-19(3)14-18(2)15-20(26)4/h7-12,14-15,23-24,27,30,32H,5-6,13,16-17H2,1-4H3,(H,29,35). The van der Waals surface area contributed by atoms with E-state index < -0.39 is 0 Å². The van der Waals surface area contributed by atoms with Crippen molar-refractivity contribution in [3.8, 4) is 5.75 Å². The van der Waals surface area contributed by atoms with Crippen LogP contribution >= 0.6 is 11.8 Å². The molecular weight excluding hydrogens is 484 g/mol. The number of ether oxygens (including phenoxy) is 1. The lowest BCUT2D eigenvalue weighted by atomic mass is 10.00. The normalized spacial score (nSPS) is 21.8. The second-order valence-electron chi connectivity index (χ2n) is 9.95. The van der Waals surface area contributed by atoms with Gasteiger partial charge in [-0.25, -0.2) is 5.43 Å². The monoisotopic (exact) mass is 520 g/mol. The molecule has 0 aliphatic carbocycles. The number of fused-ring (bicyclic) bond motifs is 3. The molecule has 3 atom stereocenters. The summed E-state index contributed by atoms with van der Waals surface area (Å²) in [6.07, 6.45) is 7.25. The van der Waals surface area contributed by atoms with Gasteiger partial charge in [-0.1, -0.05) is 54.9 Å². The highest BCUT2D eigenvalue weighted by Gasteiger charge is 2.44. The highest BCUT2D eigenvalue weighted by atomic mass is 32.2. The van der Waals surface area contributed by atoms with Gasteiger partial charge in [-0.15, -0.1) is 0 Å². The Kier molecular flexibility index (Phi) is 7.62. The van der Waals surface area contributed by atoms with Crippen molar-refractivity contribution in [3.05, 3.63) is 71.1 Å². The lowest BCUT2D eigenvalue weighted by Gasteiger charge is -2.36. The van der Waals surface area contributed by atoms with Gasteiger partial charge in [0.25, 0.3) is 0 Å². The number of amides is 1. The number of thioether (sulfide) groups is 1. The fourth-order valence-electron chi connectivity index (χ4n) is 5.18. The number of hydrazine groups is 1. The average Bonchev–Trinajstić information content (AvgIpc) is 3.49. The summed E-state index contributed by atoms with van der Waals surface area (Å²) in [5, 5.41) is 10.6. The molecule has 3 unspecified atom stereocenters. The quantitative estimate of drug-likeness (QED) is 0.433. The van der Waals surface area contributed by atoms with E-state index in [1.165, 1.54) is 22.9 Å². The predicted octanol–water partition coefficient (Wildman–Crippen LogP) is 4.77. The fraction of sp³-hybridized carbons (Fsp3) is 0.429. The molecule has 1 saturated heterocycles. The summed E-state index contributed by atoms with van der Waals surface area (Å²) in [5.74, 6) is 1.19. The van der Waals surface area contributed by atoms with Gasteiger partial charge in [-0.2, -0.15) is 5.10 Å². The van der Waals surface area contributed by atoms with E-state index in [4.69, 9.17) is 4.74 Å². The third-order valence-electron chi connectivity index (χ3n) is 7.03. The van der Waals surface area contributed by atoms with Crippen LogP contribution in [0.3, 0.4) is 0 Å². The number of nitrogens with one attached hydrogen (secondary N) is 3. The SMILES string of the molecule is CCCCOc1ccc(C2CC3C4NN=C(SCC(=O)Nc5c(C)cc(C)cc5C)N4C=CN3N2)cc1. The van der Waals surface area contributed by atoms with Crippen LogP contribution in [0, 0.1) is 20.8 Å². The van der Waals surface area contributed by atoms with Gasteiger partial charge in [0, 0.05) is 18.1 Å². The molecule has 1 fully saturated rings. The summed E-state index contributed by atoms with van der Waals surface area (Å²) in [5.41, 5.74) is 12.4. The van der Waals surface area contributed by atoms with Crippen molar-refractivity contribution in [2.75, 3.05) is 17.7 Å². The van der Waals surface area contributed by atoms with Gasteiger partial charge >= 0.3 is 0 Å². The van der Waals surface area contributed by atoms with Crippen molar-refractivity contribution in [2.45, 2.75) is 65.2 Å². The molecule has 37 heavy (non-hydrogen) atoms. The minimum Gasteiger partial charge on any atom is -0.494 e. The Bertz CT molecular complexity index is 1170. The number of hydrogen-bond donors (Lipinski definition) is 3. The first-order chi connectivity index (χ1) is 17.9. The number of carbonyl (C=O) groups is 1. The van der Waals surface area contributed by atoms with E-state index in [0.717, 1.165) is 53.6 Å². The molecular formula is C28H36N6O2S. The molecule has 0 saturated carbocycles. The first-order valence-electron chi connectivity index (χ1n) is 13.0. The summed E-state index contributed by atoms with van der Waals surface area (Å²) in [6.45, 7) is 9.05. The number of benzene rings is 2. The van der Waals surface area contributed by atoms with E-state index in [-0.39, 0.29) is 24.2 Å². The minimum absolute atomic E-state index is 0.0197. The van der Waals surface area contributed by atoms with Crippen molar-refractivity contribution in [2.24, 2.45) is 5.10 Å². The average molecular weight is 521 g/mol. The number of rotatable bonds is 8. The van der Waals surface area contributed by atoms with Crippen LogP contribution in [-0.2, 0) is 4.79 Å². The lowest BCUT2D eigenvalue weighted by molar-refractivity contribution is -0.113. The first-order valence-corrected chi connectivity index (χ1v) is 14.0. The van der Waals surface area contributed by atoms with Crippen molar-refractivity contribution in [1.82, 2.24) is 20.8 Å². The Labute approximate surface area is 223 Å². The molecule has 0 spiro atoms. The zero-order valence-electron chi connectivity index (χ0n) is 22.0. The molecule has 0 aromatic heterocycles. The highest BCUT2D eigenvalue weighted by Crippen LogP contribution is 2.35. The van der Waals surface area contributed by atoms with Crippen LogP contribution in [0.25, 0.3) is 0 Å². The van der Waals surface area contributed by atoms with E-state index in [2.05, 4.69) is 87.6 Å². The largest absolute Gasteiger partial charge is 0.494 e. The van der Waals surface area contributed by atoms with Crippen LogP contribution in [0.1, 0.15) is 54.5 Å². The smallest absolute Gasteiger partial charge is 0.234 e. The molecule has 2 aromatic rings. The molecule has 8 nitrogen and oxygen atoms in total. The van der Waals surface area contributed by atoms with Gasteiger partial charge in [0.15, 0.2) is 5.17 Å². The van der Waals surface area contributed by atoms with Gasteiger partial charge in [-0.3, -0.25) is 10.2 Å². The number of amidine groups is 1. The van der Waals surface area contributed by atoms with Gasteiger partial charge < -0.3 is 20.0 Å². The number of hydrazone groups is 1. The summed E-state index contributed by atoms with van der Waals surface area (Å²) >= 11 is 1.45. The Hall–Kier alpha value is -3.17. The Morgan fingerprint density at radius 1 is 1.16 bits per heavy atom. The van der Waals surface area contributed by atoms with E-state index in [1.54, 1.807) is 0 Å². The molecule has 3 N–H and O–H groups in total. The van der Waals surface area contributed by atoms with Gasteiger partial charge in [0.1, 0.15) is 11.9 Å². The molecule has 196 valence electrons. The number of carbonyl (C=O) groups excluding carboxylic acids is 1. The number of unbranched alkanes of at least 4 members (excludes halogenated alkanes) is 1. The Morgan fingerprint density at radius 2 is 1.92 bits per heavy atom. The van der Waals surface area contributed by atoms with Crippen molar-refractivity contribution < 1.29 is 9.53 Å². The second kappa shape index (κ2) is 11.1. The van der Waals surface area contributed by atoms with Gasteiger partial charge in [-0.05, 0) is 62.4 Å². The van der Waals surface area contributed by atoms with E-state index in [1.807, 2.05) is 20.0 Å². The van der Waals surface area contributed by atoms with Crippen LogP contribution in [-0.4, -0.2) is 45.6 Å². The van der Waals surface area contributed by atoms with Crippen LogP contribution in [0.5, 0.6) is 5.75 Å². The lowest BCUT2D eigenvalue weighted by Crippen LogP contribution is -2.54. The minimum atomic E-state index is -0.0291. The molecule has 2 aromatic carbocycles. The maximum atomic E-state index is 12.7. The molecule has 0 radical (unpaired) electrons. The van der Waals surface area contributed by atoms with Gasteiger partial charge in [0.2, 0.25) is 5.91 Å². The van der Waals surface area contributed by atoms with Crippen molar-refractivity contribution in [3.63, 3.8) is 0 Å². The van der Waals surface area contributed by atoms with Gasteiger partial charge in [0.05, 0.1) is 24.4 Å². The van der Waals surface area contributed by atoms with Crippen LogP contribution in [0.2, 0.25) is 0 Å². The molecule has 3 heterocycles. The topological polar surface area (TPSA) is 81.2 Å². The van der Waals surface area contributed by atoms with Crippen LogP contribution in [0.15, 0.2) is 53.9 Å². The van der Waals surface area contributed by atoms with Crippen molar-refractivity contribution >= 4 is 28.5 Å². The highest BCUT2D eigenvalue weighted by molar-refractivity contribution is 8.14. The summed E-state index contributed by atoms with van der Waals surface area (Å²) < 4.78 is 5.81. The number of aryl methyl sites for hydroxylation is 3. The number of nitrogens with zero attached hydrogens (tertiary/aromatic N) is 3. The zero-order valence-corrected chi connectivity index (χ0v) is 22.8.